The number of aliphatic hydroxyl groups is 1. The normalized spacial score (nSPS) is 16.2. The lowest BCUT2D eigenvalue weighted by Crippen LogP contribution is -2.55. The van der Waals surface area contributed by atoms with Gasteiger partial charge in [0.2, 0.25) is 0 Å². The predicted molar refractivity (Wildman–Crippen MR) is 171 cm³/mol. The summed E-state index contributed by atoms with van der Waals surface area (Å²) in [5.41, 5.74) is 0.251. The maximum absolute atomic E-state index is 13.3. The molecule has 12 heteroatoms. The topological polar surface area (TPSA) is 158 Å². The molecule has 0 spiro atoms. The van der Waals surface area contributed by atoms with E-state index < -0.39 is 54.0 Å². The van der Waals surface area contributed by atoms with Gasteiger partial charge in [0.15, 0.2) is 12.2 Å². The van der Waals surface area contributed by atoms with Crippen LogP contribution in [0.4, 0.5) is 21.0 Å². The Bertz CT molecular complexity index is 1470. The predicted octanol–water partition coefficient (Wildman–Crippen LogP) is 5.26. The Morgan fingerprint density at radius 1 is 1.00 bits per heavy atom. The summed E-state index contributed by atoms with van der Waals surface area (Å²) >= 11 is 0. The average molecular weight is 637 g/mol. The second kappa shape index (κ2) is 13.9. The quantitative estimate of drug-likeness (QED) is 0.431. The molecule has 0 unspecified atom stereocenters. The van der Waals surface area contributed by atoms with Gasteiger partial charge in [-0.05, 0) is 88.4 Å². The number of nitrogens with zero attached hydrogens (tertiary/aromatic N) is 3. The van der Waals surface area contributed by atoms with Crippen molar-refractivity contribution in [3.8, 4) is 6.07 Å². The molecule has 0 aromatic heterocycles. The van der Waals surface area contributed by atoms with E-state index in [1.807, 2.05) is 30.3 Å². The van der Waals surface area contributed by atoms with Crippen LogP contribution in [0.2, 0.25) is 0 Å². The molecule has 2 aromatic rings. The highest BCUT2D eigenvalue weighted by atomic mass is 16.6. The lowest BCUT2D eigenvalue weighted by Gasteiger charge is -2.34. The van der Waals surface area contributed by atoms with E-state index in [4.69, 9.17) is 14.2 Å². The molecule has 1 heterocycles. The summed E-state index contributed by atoms with van der Waals surface area (Å²) in [7, 11) is 0. The number of imide groups is 1. The van der Waals surface area contributed by atoms with Gasteiger partial charge in [-0.25, -0.2) is 14.5 Å². The Kier molecular flexibility index (Phi) is 10.9. The van der Waals surface area contributed by atoms with Crippen LogP contribution in [0.15, 0.2) is 42.5 Å². The number of hydrogen-bond donors (Lipinski definition) is 2. The molecule has 0 radical (unpaired) electrons. The fourth-order valence-electron chi connectivity index (χ4n) is 4.50. The Morgan fingerprint density at radius 3 is 2.07 bits per heavy atom. The van der Waals surface area contributed by atoms with Crippen LogP contribution in [0, 0.1) is 11.3 Å². The summed E-state index contributed by atoms with van der Waals surface area (Å²) in [5.74, 6) is -1.49. The Labute approximate surface area is 270 Å². The van der Waals surface area contributed by atoms with Gasteiger partial charge in [-0.3, -0.25) is 9.59 Å². The largest absolute Gasteiger partial charge is 0.443 e. The van der Waals surface area contributed by atoms with Gasteiger partial charge in [0.1, 0.15) is 11.2 Å². The number of anilines is 2. The van der Waals surface area contributed by atoms with Crippen molar-refractivity contribution < 1.29 is 38.5 Å². The summed E-state index contributed by atoms with van der Waals surface area (Å²) in [6, 6.07) is 13.7. The van der Waals surface area contributed by atoms with E-state index in [-0.39, 0.29) is 35.4 Å². The van der Waals surface area contributed by atoms with E-state index >= 15 is 0 Å². The van der Waals surface area contributed by atoms with Crippen LogP contribution in [0.3, 0.4) is 0 Å². The second-order valence-electron chi connectivity index (χ2n) is 14.0. The summed E-state index contributed by atoms with van der Waals surface area (Å²) in [5, 5.41) is 23.2. The van der Waals surface area contributed by atoms with E-state index in [2.05, 4.69) is 26.1 Å². The maximum atomic E-state index is 13.3. The molecule has 1 saturated heterocycles. The smallest absolute Gasteiger partial charge is 0.420 e. The molecular formula is C34H44N4O8. The van der Waals surface area contributed by atoms with Crippen LogP contribution in [0.5, 0.6) is 0 Å². The molecular weight excluding hydrogens is 592 g/mol. The Balaban J connectivity index is 1.81. The molecule has 1 fully saturated rings. The van der Waals surface area contributed by atoms with Crippen LogP contribution >= 0.6 is 0 Å². The molecule has 0 aliphatic carbocycles. The SMILES string of the molecule is CC(C)(C)OC(=O)N(Cc1cc(NC(=O)[C@H](O)[C@H]2OCCN(c3ccc(C(C)(C)C)cc3)C2=O)ccc1C#N)C(=O)OC(C)(C)C. The highest BCUT2D eigenvalue weighted by Crippen LogP contribution is 2.27. The number of rotatable bonds is 6. The Morgan fingerprint density at radius 2 is 1.57 bits per heavy atom. The molecule has 0 bridgehead atoms. The molecule has 1 aliphatic heterocycles. The van der Waals surface area contributed by atoms with Gasteiger partial charge >= 0.3 is 12.2 Å². The fourth-order valence-corrected chi connectivity index (χ4v) is 4.50. The van der Waals surface area contributed by atoms with E-state index in [1.54, 1.807) is 41.5 Å². The van der Waals surface area contributed by atoms with E-state index in [0.717, 1.165) is 10.5 Å². The summed E-state index contributed by atoms with van der Waals surface area (Å²) < 4.78 is 16.3. The molecule has 4 amide bonds. The first-order valence-corrected chi connectivity index (χ1v) is 15.0. The molecule has 46 heavy (non-hydrogen) atoms. The molecule has 0 saturated carbocycles. The number of morpholine rings is 1. The summed E-state index contributed by atoms with van der Waals surface area (Å²) in [6.45, 7) is 16.1. The minimum absolute atomic E-state index is 0.0700. The number of nitriles is 1. The fraction of sp³-hybridized carbons (Fsp3) is 0.500. The van der Waals surface area contributed by atoms with Crippen molar-refractivity contribution in [3.63, 3.8) is 0 Å². The van der Waals surface area contributed by atoms with Crippen molar-refractivity contribution in [3.05, 3.63) is 59.2 Å². The monoisotopic (exact) mass is 636 g/mol. The van der Waals surface area contributed by atoms with E-state index in [9.17, 15) is 29.5 Å². The van der Waals surface area contributed by atoms with Crippen molar-refractivity contribution in [2.24, 2.45) is 0 Å². The molecule has 3 rings (SSSR count). The lowest BCUT2D eigenvalue weighted by molar-refractivity contribution is -0.150. The number of amides is 4. The third kappa shape index (κ3) is 9.52. The third-order valence-electron chi connectivity index (χ3n) is 6.77. The first-order valence-electron chi connectivity index (χ1n) is 15.0. The van der Waals surface area contributed by atoms with Crippen molar-refractivity contribution in [1.82, 2.24) is 4.90 Å². The zero-order valence-electron chi connectivity index (χ0n) is 28.0. The van der Waals surface area contributed by atoms with Gasteiger partial charge in [0, 0.05) is 17.9 Å². The number of carbonyl (C=O) groups is 4. The van der Waals surface area contributed by atoms with Crippen LogP contribution in [-0.2, 0) is 35.8 Å². The number of aliphatic hydroxyl groups excluding tert-OH is 1. The zero-order chi connectivity index (χ0) is 34.6. The molecule has 2 N–H and O–H groups in total. The zero-order valence-corrected chi connectivity index (χ0v) is 28.0. The maximum Gasteiger partial charge on any atom is 0.420 e. The lowest BCUT2D eigenvalue weighted by atomic mass is 9.87. The van der Waals surface area contributed by atoms with E-state index in [1.165, 1.54) is 23.1 Å². The summed E-state index contributed by atoms with van der Waals surface area (Å²) in [4.78, 5) is 54.7. The molecule has 12 nitrogen and oxygen atoms in total. The van der Waals surface area contributed by atoms with Crippen molar-refractivity contribution in [1.29, 1.82) is 5.26 Å². The van der Waals surface area contributed by atoms with Gasteiger partial charge in [-0.2, -0.15) is 5.26 Å². The van der Waals surface area contributed by atoms with Gasteiger partial charge in [0.25, 0.3) is 11.8 Å². The highest BCUT2D eigenvalue weighted by Gasteiger charge is 2.39. The van der Waals surface area contributed by atoms with Crippen LogP contribution < -0.4 is 10.2 Å². The van der Waals surface area contributed by atoms with Gasteiger partial charge in [-0.15, -0.1) is 0 Å². The first-order chi connectivity index (χ1) is 21.2. The summed E-state index contributed by atoms with van der Waals surface area (Å²) in [6.07, 6.45) is -5.28. The van der Waals surface area contributed by atoms with Crippen LogP contribution in [-0.4, -0.2) is 70.6 Å². The number of ether oxygens (including phenoxy) is 3. The van der Waals surface area contributed by atoms with Crippen molar-refractivity contribution in [2.75, 3.05) is 23.4 Å². The second-order valence-corrected chi connectivity index (χ2v) is 14.0. The third-order valence-corrected chi connectivity index (χ3v) is 6.77. The first kappa shape index (κ1) is 36.0. The van der Waals surface area contributed by atoms with Crippen LogP contribution in [0.25, 0.3) is 0 Å². The van der Waals surface area contributed by atoms with E-state index in [0.29, 0.717) is 5.69 Å². The Hall–Kier alpha value is -4.47. The number of hydrogen-bond acceptors (Lipinski definition) is 9. The number of carbonyl (C=O) groups excluding carboxylic acids is 4. The minimum Gasteiger partial charge on any atom is -0.443 e. The minimum atomic E-state index is -1.86. The van der Waals surface area contributed by atoms with Gasteiger partial charge in [0.05, 0.1) is 24.8 Å². The van der Waals surface area contributed by atoms with Gasteiger partial charge in [-0.1, -0.05) is 32.9 Å². The average Bonchev–Trinajstić information content (AvgIpc) is 2.93. The molecule has 2 aromatic carbocycles. The highest BCUT2D eigenvalue weighted by molar-refractivity contribution is 6.03. The standard InChI is InChI=1S/C34H44N4O8/c1-32(2,3)23-11-14-25(15-12-23)37-16-17-44-27(29(37)41)26(39)28(40)36-24-13-10-21(19-35)22(18-24)20-38(30(42)45-33(4,5)6)31(43)46-34(7,8)9/h10-15,18,26-27,39H,16-17,20H2,1-9H3,(H,36,40)/t26-,27-/m1/s1. The number of nitrogens with one attached hydrogen (secondary N) is 1. The molecule has 248 valence electrons. The van der Waals surface area contributed by atoms with Crippen molar-refractivity contribution in [2.45, 2.75) is 97.7 Å². The van der Waals surface area contributed by atoms with Gasteiger partial charge < -0.3 is 29.5 Å². The molecule has 1 aliphatic rings. The van der Waals surface area contributed by atoms with Crippen molar-refractivity contribution >= 4 is 35.4 Å². The molecule has 2 atom stereocenters. The van der Waals surface area contributed by atoms with Crippen LogP contribution in [0.1, 0.15) is 79.0 Å². The number of benzene rings is 2.